The minimum absolute atomic E-state index is 0.0342. The van der Waals surface area contributed by atoms with Gasteiger partial charge in [0.05, 0.1) is 16.6 Å². The minimum atomic E-state index is -0.0342. The molecule has 0 unspecified atom stereocenters. The first-order valence-electron chi connectivity index (χ1n) is 7.84. The Balaban J connectivity index is 2.27. The molecule has 0 aliphatic heterocycles. The summed E-state index contributed by atoms with van der Waals surface area (Å²) in [5, 5.41) is 1.33. The van der Waals surface area contributed by atoms with Crippen molar-refractivity contribution < 1.29 is 0 Å². The second-order valence-corrected chi connectivity index (χ2v) is 7.01. The van der Waals surface area contributed by atoms with Crippen LogP contribution in [0.4, 0.5) is 0 Å². The molecule has 0 atom stereocenters. The number of hydrogen-bond acceptors (Lipinski definition) is 3. The lowest BCUT2D eigenvalue weighted by atomic mass is 10.1. The van der Waals surface area contributed by atoms with Gasteiger partial charge in [0.1, 0.15) is 0 Å². The summed E-state index contributed by atoms with van der Waals surface area (Å²) in [6.45, 7) is 10.0. The lowest BCUT2D eigenvalue weighted by Gasteiger charge is -2.14. The smallest absolute Gasteiger partial charge is 0.266 e. The summed E-state index contributed by atoms with van der Waals surface area (Å²) >= 11 is 1.54. The maximum atomic E-state index is 13.1. The Morgan fingerprint density at radius 1 is 1.17 bits per heavy atom. The molecule has 1 aromatic heterocycles. The molecule has 2 aromatic carbocycles. The third-order valence-corrected chi connectivity index (χ3v) is 5.11. The highest BCUT2D eigenvalue weighted by Crippen LogP contribution is 2.23. The topological polar surface area (TPSA) is 34.9 Å². The van der Waals surface area contributed by atoms with Crippen LogP contribution in [0.3, 0.4) is 0 Å². The van der Waals surface area contributed by atoms with Gasteiger partial charge < -0.3 is 0 Å². The van der Waals surface area contributed by atoms with E-state index >= 15 is 0 Å². The van der Waals surface area contributed by atoms with Crippen molar-refractivity contribution >= 4 is 22.7 Å². The molecular weight excluding hydrogens is 316 g/mol. The molecule has 0 N–H and O–H groups in total. The van der Waals surface area contributed by atoms with Gasteiger partial charge in [0.15, 0.2) is 5.16 Å². The van der Waals surface area contributed by atoms with E-state index in [0.717, 1.165) is 28.1 Å². The van der Waals surface area contributed by atoms with Crippen molar-refractivity contribution in [2.24, 2.45) is 0 Å². The van der Waals surface area contributed by atoms with E-state index < -0.39 is 0 Å². The highest BCUT2D eigenvalue weighted by molar-refractivity contribution is 7.99. The summed E-state index contributed by atoms with van der Waals surface area (Å²) in [7, 11) is 0. The molecule has 0 saturated carbocycles. The molecule has 1 heterocycles. The summed E-state index contributed by atoms with van der Waals surface area (Å²) in [5.74, 6) is 0.732. The number of aryl methyl sites for hydroxylation is 2. The fourth-order valence-corrected chi connectivity index (χ4v) is 3.35. The zero-order chi connectivity index (χ0) is 17.3. The van der Waals surface area contributed by atoms with Crippen molar-refractivity contribution in [3.63, 3.8) is 0 Å². The molecule has 24 heavy (non-hydrogen) atoms. The van der Waals surface area contributed by atoms with Crippen molar-refractivity contribution in [3.05, 3.63) is 76.1 Å². The number of fused-ring (bicyclic) bond motifs is 1. The zero-order valence-electron chi connectivity index (χ0n) is 14.2. The number of benzene rings is 2. The first-order valence-corrected chi connectivity index (χ1v) is 8.82. The minimum Gasteiger partial charge on any atom is -0.268 e. The van der Waals surface area contributed by atoms with Gasteiger partial charge >= 0.3 is 0 Å². The number of rotatable bonds is 4. The second kappa shape index (κ2) is 6.65. The van der Waals surface area contributed by atoms with E-state index in [9.17, 15) is 4.79 Å². The lowest BCUT2D eigenvalue weighted by Crippen LogP contribution is -2.22. The predicted octanol–water partition coefficient (Wildman–Crippen LogP) is 4.67. The first kappa shape index (κ1) is 16.5. The Morgan fingerprint density at radius 2 is 1.92 bits per heavy atom. The van der Waals surface area contributed by atoms with Crippen LogP contribution in [0.2, 0.25) is 0 Å². The Bertz CT molecular complexity index is 989. The monoisotopic (exact) mass is 336 g/mol. The predicted molar refractivity (Wildman–Crippen MR) is 102 cm³/mol. The third kappa shape index (κ3) is 3.15. The number of nitrogens with zero attached hydrogens (tertiary/aromatic N) is 2. The van der Waals surface area contributed by atoms with E-state index in [4.69, 9.17) is 4.98 Å². The molecular formula is C20H20N2OS. The van der Waals surface area contributed by atoms with E-state index in [0.29, 0.717) is 10.5 Å². The normalized spacial score (nSPS) is 11.0. The second-order valence-electron chi connectivity index (χ2n) is 6.07. The average molecular weight is 336 g/mol. The number of thioether (sulfide) groups is 1. The quantitative estimate of drug-likeness (QED) is 0.394. The molecule has 0 fully saturated rings. The number of aromatic nitrogens is 2. The molecule has 0 bridgehead atoms. The summed E-state index contributed by atoms with van der Waals surface area (Å²) in [6, 6.07) is 13.5. The molecule has 0 radical (unpaired) electrons. The van der Waals surface area contributed by atoms with Crippen LogP contribution < -0.4 is 5.56 Å². The van der Waals surface area contributed by atoms with Gasteiger partial charge in [-0.1, -0.05) is 42.1 Å². The molecule has 3 aromatic rings. The summed E-state index contributed by atoms with van der Waals surface area (Å²) in [5.41, 5.74) is 4.96. The molecule has 0 saturated heterocycles. The summed E-state index contributed by atoms with van der Waals surface area (Å²) in [6.07, 6.45) is 0. The Kier molecular flexibility index (Phi) is 4.58. The zero-order valence-corrected chi connectivity index (χ0v) is 15.0. The highest BCUT2D eigenvalue weighted by atomic mass is 32.2. The third-order valence-electron chi connectivity index (χ3n) is 3.94. The van der Waals surface area contributed by atoms with Gasteiger partial charge in [-0.2, -0.15) is 0 Å². The van der Waals surface area contributed by atoms with Crippen LogP contribution in [0, 0.1) is 13.8 Å². The van der Waals surface area contributed by atoms with Crippen molar-refractivity contribution in [1.29, 1.82) is 0 Å². The van der Waals surface area contributed by atoms with E-state index in [1.54, 1.807) is 16.3 Å². The van der Waals surface area contributed by atoms with Crippen LogP contribution in [0.1, 0.15) is 18.1 Å². The molecule has 0 spiro atoms. The maximum Gasteiger partial charge on any atom is 0.266 e. The SMILES string of the molecule is C=C(C)CSc1nc2ccccc2c(=O)n1-c1ccc(C)c(C)c1. The van der Waals surface area contributed by atoms with E-state index in [-0.39, 0.29) is 5.56 Å². The van der Waals surface area contributed by atoms with Gasteiger partial charge in [-0.15, -0.1) is 0 Å². The standard InChI is InChI=1S/C20H20N2OS/c1-13(2)12-24-20-21-18-8-6-5-7-17(18)19(23)22(20)16-10-9-14(3)15(4)11-16/h5-11H,1,12H2,2-4H3. The van der Waals surface area contributed by atoms with Gasteiger partial charge in [-0.3, -0.25) is 9.36 Å². The Labute approximate surface area is 146 Å². The number of hydrogen-bond donors (Lipinski definition) is 0. The van der Waals surface area contributed by atoms with E-state index in [1.165, 1.54) is 5.56 Å². The highest BCUT2D eigenvalue weighted by Gasteiger charge is 2.13. The molecule has 122 valence electrons. The fraction of sp³-hybridized carbons (Fsp3) is 0.200. The molecule has 4 heteroatoms. The van der Waals surface area contributed by atoms with Gasteiger partial charge in [-0.25, -0.2) is 4.98 Å². The van der Waals surface area contributed by atoms with Gasteiger partial charge in [0.2, 0.25) is 0 Å². The van der Waals surface area contributed by atoms with Crippen LogP contribution in [-0.4, -0.2) is 15.3 Å². The van der Waals surface area contributed by atoms with Crippen molar-refractivity contribution in [2.45, 2.75) is 25.9 Å². The average Bonchev–Trinajstić information content (AvgIpc) is 2.56. The maximum absolute atomic E-state index is 13.1. The van der Waals surface area contributed by atoms with Crippen molar-refractivity contribution in [2.75, 3.05) is 5.75 Å². The van der Waals surface area contributed by atoms with E-state index in [1.807, 2.05) is 49.4 Å². The Morgan fingerprint density at radius 3 is 2.62 bits per heavy atom. The number of para-hydroxylation sites is 1. The molecule has 0 aliphatic rings. The van der Waals surface area contributed by atoms with Crippen molar-refractivity contribution in [1.82, 2.24) is 9.55 Å². The first-order chi connectivity index (χ1) is 11.5. The van der Waals surface area contributed by atoms with Crippen LogP contribution in [0.5, 0.6) is 0 Å². The van der Waals surface area contributed by atoms with E-state index in [2.05, 4.69) is 20.4 Å². The van der Waals surface area contributed by atoms with Crippen LogP contribution in [0.15, 0.2) is 64.6 Å². The summed E-state index contributed by atoms with van der Waals surface area (Å²) < 4.78 is 1.71. The van der Waals surface area contributed by atoms with Gasteiger partial charge in [-0.05, 0) is 56.2 Å². The van der Waals surface area contributed by atoms with Gasteiger partial charge in [0.25, 0.3) is 5.56 Å². The van der Waals surface area contributed by atoms with Crippen LogP contribution in [-0.2, 0) is 0 Å². The van der Waals surface area contributed by atoms with Crippen LogP contribution in [0.25, 0.3) is 16.6 Å². The molecule has 0 amide bonds. The summed E-state index contributed by atoms with van der Waals surface area (Å²) in [4.78, 5) is 17.8. The van der Waals surface area contributed by atoms with Gasteiger partial charge in [0, 0.05) is 5.75 Å². The molecule has 3 nitrogen and oxygen atoms in total. The Hall–Kier alpha value is -2.33. The lowest BCUT2D eigenvalue weighted by molar-refractivity contribution is 0.819. The van der Waals surface area contributed by atoms with Crippen molar-refractivity contribution in [3.8, 4) is 5.69 Å². The molecule has 0 aliphatic carbocycles. The largest absolute Gasteiger partial charge is 0.268 e. The molecule has 3 rings (SSSR count). The van der Waals surface area contributed by atoms with Crippen LogP contribution >= 0.6 is 11.8 Å². The fourth-order valence-electron chi connectivity index (χ4n) is 2.49.